The summed E-state index contributed by atoms with van der Waals surface area (Å²) in [5, 5.41) is 0. The van der Waals surface area contributed by atoms with E-state index in [-0.39, 0.29) is 23.4 Å². The molecule has 1 aliphatic rings. The number of hydrogen-bond acceptors (Lipinski definition) is 3. The summed E-state index contributed by atoms with van der Waals surface area (Å²) in [5.74, 6) is 5.43. The van der Waals surface area contributed by atoms with Gasteiger partial charge in [-0.2, -0.15) is 0 Å². The molecule has 0 aliphatic carbocycles. The molecule has 1 aromatic rings. The Labute approximate surface area is 133 Å². The van der Waals surface area contributed by atoms with Gasteiger partial charge in [0.15, 0.2) is 0 Å². The number of carbonyl (C=O) groups excluding carboxylic acids is 1. The van der Waals surface area contributed by atoms with Gasteiger partial charge in [-0.05, 0) is 50.8 Å². The predicted molar refractivity (Wildman–Crippen MR) is 92.3 cm³/mol. The number of aryl methyl sites for hydroxylation is 1. The van der Waals surface area contributed by atoms with E-state index in [4.69, 9.17) is 5.84 Å². The molecule has 1 aromatic carbocycles. The van der Waals surface area contributed by atoms with Crippen molar-refractivity contribution in [2.45, 2.75) is 53.1 Å². The molecule has 22 heavy (non-hydrogen) atoms. The van der Waals surface area contributed by atoms with Crippen molar-refractivity contribution >= 4 is 17.2 Å². The van der Waals surface area contributed by atoms with Crippen LogP contribution in [-0.2, 0) is 4.79 Å². The van der Waals surface area contributed by atoms with Crippen LogP contribution >= 0.6 is 0 Å². The van der Waals surface area contributed by atoms with Crippen molar-refractivity contribution in [3.05, 3.63) is 35.4 Å². The smallest absolute Gasteiger partial charge is 0.256 e. The minimum atomic E-state index is -0.315. The molecule has 0 aromatic heterocycles. The van der Waals surface area contributed by atoms with Crippen LogP contribution in [0.2, 0.25) is 0 Å². The first-order valence-electron chi connectivity index (χ1n) is 7.79. The molecule has 0 spiro atoms. The van der Waals surface area contributed by atoms with Gasteiger partial charge >= 0.3 is 0 Å². The number of carbonyl (C=O) groups is 1. The van der Waals surface area contributed by atoms with E-state index in [0.29, 0.717) is 0 Å². The first-order chi connectivity index (χ1) is 10.2. The zero-order valence-corrected chi connectivity index (χ0v) is 14.4. The first kappa shape index (κ1) is 16.6. The van der Waals surface area contributed by atoms with Crippen LogP contribution in [0.4, 0.5) is 5.69 Å². The Morgan fingerprint density at radius 2 is 1.91 bits per heavy atom. The van der Waals surface area contributed by atoms with E-state index >= 15 is 0 Å². The Morgan fingerprint density at radius 1 is 1.27 bits per heavy atom. The molecule has 0 unspecified atom stereocenters. The molecule has 0 saturated heterocycles. The summed E-state index contributed by atoms with van der Waals surface area (Å²) in [6.45, 7) is 12.6. The third kappa shape index (κ3) is 2.75. The number of hydrazine groups is 1. The van der Waals surface area contributed by atoms with E-state index in [0.717, 1.165) is 5.69 Å². The molecule has 0 saturated carbocycles. The Balaban J connectivity index is 2.67. The molecule has 1 aliphatic heterocycles. The summed E-state index contributed by atoms with van der Waals surface area (Å²) in [6, 6.07) is 6.09. The molecular formula is C18H27N3O. The molecule has 2 rings (SSSR count). The zero-order chi connectivity index (χ0) is 16.7. The summed E-state index contributed by atoms with van der Waals surface area (Å²) in [5.41, 5.74) is 6.79. The molecule has 1 atom stereocenters. The quantitative estimate of drug-likeness (QED) is 0.512. The summed E-state index contributed by atoms with van der Waals surface area (Å²) in [4.78, 5) is 14.6. The highest BCUT2D eigenvalue weighted by Crippen LogP contribution is 2.41. The van der Waals surface area contributed by atoms with Gasteiger partial charge in [-0.1, -0.05) is 32.1 Å². The van der Waals surface area contributed by atoms with E-state index in [1.165, 1.54) is 16.7 Å². The topological polar surface area (TPSA) is 58.4 Å². The van der Waals surface area contributed by atoms with Gasteiger partial charge in [-0.15, -0.1) is 0 Å². The maximum atomic E-state index is 12.4. The van der Waals surface area contributed by atoms with Crippen molar-refractivity contribution in [2.75, 3.05) is 4.90 Å². The van der Waals surface area contributed by atoms with E-state index in [1.54, 1.807) is 0 Å². The fraction of sp³-hybridized carbons (Fsp3) is 0.500. The van der Waals surface area contributed by atoms with Crippen molar-refractivity contribution in [2.24, 2.45) is 11.8 Å². The predicted octanol–water partition coefficient (Wildman–Crippen LogP) is 3.01. The van der Waals surface area contributed by atoms with Crippen molar-refractivity contribution in [3.8, 4) is 0 Å². The molecule has 0 fully saturated rings. The molecular weight excluding hydrogens is 274 g/mol. The lowest BCUT2D eigenvalue weighted by Gasteiger charge is -2.48. The number of benzene rings is 1. The fourth-order valence-electron chi connectivity index (χ4n) is 3.47. The first-order valence-corrected chi connectivity index (χ1v) is 7.79. The zero-order valence-electron chi connectivity index (χ0n) is 14.4. The third-order valence-corrected chi connectivity index (χ3v) is 4.35. The number of amides is 1. The molecule has 4 nitrogen and oxygen atoms in total. The Kier molecular flexibility index (Phi) is 4.34. The third-order valence-electron chi connectivity index (χ3n) is 4.35. The summed E-state index contributed by atoms with van der Waals surface area (Å²) < 4.78 is 0. The van der Waals surface area contributed by atoms with Gasteiger partial charge < -0.3 is 4.90 Å². The van der Waals surface area contributed by atoms with E-state index in [2.05, 4.69) is 76.1 Å². The standard InChI is InChI=1S/C18H27N3O/c1-11(2)16(17(22)20-19)21-15-9-12(3)7-8-14(15)13(4)10-18(21,5)6/h7-11,16H,19H2,1-6H3,(H,20,22)/t16-/m1/s1. The lowest BCUT2D eigenvalue weighted by atomic mass is 9.84. The second-order valence-corrected chi connectivity index (χ2v) is 7.07. The van der Waals surface area contributed by atoms with E-state index in [1.807, 2.05) is 0 Å². The molecule has 120 valence electrons. The van der Waals surface area contributed by atoms with Gasteiger partial charge in [0.25, 0.3) is 5.91 Å². The highest BCUT2D eigenvalue weighted by molar-refractivity contribution is 5.90. The molecule has 1 heterocycles. The minimum Gasteiger partial charge on any atom is -0.350 e. The van der Waals surface area contributed by atoms with Crippen LogP contribution in [0, 0.1) is 12.8 Å². The van der Waals surface area contributed by atoms with Crippen molar-refractivity contribution in [1.29, 1.82) is 0 Å². The number of nitrogens with zero attached hydrogens (tertiary/aromatic N) is 1. The second-order valence-electron chi connectivity index (χ2n) is 7.07. The van der Waals surface area contributed by atoms with Gasteiger partial charge in [0.1, 0.15) is 6.04 Å². The molecule has 3 N–H and O–H groups in total. The van der Waals surface area contributed by atoms with Crippen molar-refractivity contribution in [1.82, 2.24) is 5.43 Å². The lowest BCUT2D eigenvalue weighted by Crippen LogP contribution is -2.59. The molecule has 1 amide bonds. The summed E-state index contributed by atoms with van der Waals surface area (Å²) >= 11 is 0. The minimum absolute atomic E-state index is 0.142. The van der Waals surface area contributed by atoms with Crippen LogP contribution in [0.1, 0.15) is 45.7 Å². The number of nitrogens with one attached hydrogen (secondary N) is 1. The van der Waals surface area contributed by atoms with Crippen LogP contribution in [0.3, 0.4) is 0 Å². The number of hydrogen-bond donors (Lipinski definition) is 2. The monoisotopic (exact) mass is 301 g/mol. The van der Waals surface area contributed by atoms with Crippen LogP contribution < -0.4 is 16.2 Å². The van der Waals surface area contributed by atoms with Crippen molar-refractivity contribution < 1.29 is 4.79 Å². The van der Waals surface area contributed by atoms with Crippen LogP contribution in [0.5, 0.6) is 0 Å². The SMILES string of the molecule is CC1=CC(C)(C)N([C@@H](C(=O)NN)C(C)C)c2cc(C)ccc21. The van der Waals surface area contributed by atoms with Gasteiger partial charge in [0.05, 0.1) is 5.54 Å². The van der Waals surface area contributed by atoms with Gasteiger partial charge in [0.2, 0.25) is 0 Å². The number of allylic oxidation sites excluding steroid dienone is 1. The fourth-order valence-corrected chi connectivity index (χ4v) is 3.47. The molecule has 0 bridgehead atoms. The van der Waals surface area contributed by atoms with Crippen molar-refractivity contribution in [3.63, 3.8) is 0 Å². The highest BCUT2D eigenvalue weighted by atomic mass is 16.2. The number of fused-ring (bicyclic) bond motifs is 1. The average molecular weight is 301 g/mol. The van der Waals surface area contributed by atoms with Crippen LogP contribution in [-0.4, -0.2) is 17.5 Å². The Hall–Kier alpha value is -1.81. The number of nitrogens with two attached hydrogens (primary N) is 1. The largest absolute Gasteiger partial charge is 0.350 e. The Morgan fingerprint density at radius 3 is 2.45 bits per heavy atom. The molecule has 4 heteroatoms. The normalized spacial score (nSPS) is 17.8. The highest BCUT2D eigenvalue weighted by Gasteiger charge is 2.40. The van der Waals surface area contributed by atoms with Crippen LogP contribution in [0.15, 0.2) is 24.3 Å². The van der Waals surface area contributed by atoms with E-state index < -0.39 is 0 Å². The Bertz CT molecular complexity index is 617. The number of anilines is 1. The molecule has 0 radical (unpaired) electrons. The second kappa shape index (κ2) is 5.76. The van der Waals surface area contributed by atoms with Gasteiger partial charge in [0, 0.05) is 11.3 Å². The maximum Gasteiger partial charge on any atom is 0.256 e. The maximum absolute atomic E-state index is 12.4. The van der Waals surface area contributed by atoms with E-state index in [9.17, 15) is 4.79 Å². The average Bonchev–Trinajstić information content (AvgIpc) is 2.41. The van der Waals surface area contributed by atoms with Gasteiger partial charge in [-0.3, -0.25) is 10.2 Å². The van der Waals surface area contributed by atoms with Gasteiger partial charge in [-0.25, -0.2) is 5.84 Å². The lowest BCUT2D eigenvalue weighted by molar-refractivity contribution is -0.123. The number of rotatable bonds is 3. The van der Waals surface area contributed by atoms with Crippen LogP contribution in [0.25, 0.3) is 5.57 Å². The summed E-state index contributed by atoms with van der Waals surface area (Å²) in [6.07, 6.45) is 2.23. The summed E-state index contributed by atoms with van der Waals surface area (Å²) in [7, 11) is 0.